The van der Waals surface area contributed by atoms with E-state index in [4.69, 9.17) is 21.3 Å². The zero-order valence-electron chi connectivity index (χ0n) is 13.5. The molecule has 1 heterocycles. The number of aliphatic hydroxyl groups is 1. The molecule has 0 fully saturated rings. The topological polar surface area (TPSA) is 106 Å². The number of primary sulfonamides is 1. The van der Waals surface area contributed by atoms with E-state index in [2.05, 4.69) is 5.16 Å². The van der Waals surface area contributed by atoms with Crippen LogP contribution in [-0.4, -0.2) is 18.7 Å². The molecule has 0 spiro atoms. The summed E-state index contributed by atoms with van der Waals surface area (Å²) >= 11 is 6.04. The first-order valence-corrected chi connectivity index (χ1v) is 9.33. The SMILES string of the molecule is Cc1cc(-c2noc(CO)c2-c2ccc(S(N)(=O)=O)c(F)c2)ccc1Cl. The van der Waals surface area contributed by atoms with Crippen LogP contribution in [0.15, 0.2) is 45.8 Å². The number of aromatic nitrogens is 1. The van der Waals surface area contributed by atoms with Crippen molar-refractivity contribution in [3.63, 3.8) is 0 Å². The van der Waals surface area contributed by atoms with Gasteiger partial charge in [0.25, 0.3) is 0 Å². The first kappa shape index (κ1) is 18.5. The minimum Gasteiger partial charge on any atom is -0.388 e. The van der Waals surface area contributed by atoms with Gasteiger partial charge in [-0.1, -0.05) is 28.9 Å². The molecule has 0 aliphatic heterocycles. The van der Waals surface area contributed by atoms with Gasteiger partial charge in [-0.3, -0.25) is 0 Å². The van der Waals surface area contributed by atoms with Gasteiger partial charge in [0, 0.05) is 10.6 Å². The Morgan fingerprint density at radius 3 is 2.50 bits per heavy atom. The molecule has 0 saturated heterocycles. The lowest BCUT2D eigenvalue weighted by molar-refractivity contribution is 0.230. The van der Waals surface area contributed by atoms with E-state index < -0.39 is 27.3 Å². The molecule has 0 saturated carbocycles. The van der Waals surface area contributed by atoms with E-state index in [1.165, 1.54) is 6.07 Å². The lowest BCUT2D eigenvalue weighted by Gasteiger charge is -2.07. The Morgan fingerprint density at radius 2 is 1.92 bits per heavy atom. The summed E-state index contributed by atoms with van der Waals surface area (Å²) in [5, 5.41) is 19.0. The van der Waals surface area contributed by atoms with Crippen LogP contribution in [0.1, 0.15) is 11.3 Å². The van der Waals surface area contributed by atoms with Crippen LogP contribution in [0.4, 0.5) is 4.39 Å². The number of hydrogen-bond acceptors (Lipinski definition) is 5. The summed E-state index contributed by atoms with van der Waals surface area (Å²) in [4.78, 5) is -0.618. The molecule has 0 aliphatic rings. The van der Waals surface area contributed by atoms with E-state index >= 15 is 0 Å². The van der Waals surface area contributed by atoms with Crippen molar-refractivity contribution in [3.8, 4) is 22.4 Å². The van der Waals surface area contributed by atoms with Crippen LogP contribution < -0.4 is 5.14 Å². The fourth-order valence-corrected chi connectivity index (χ4v) is 3.31. The third kappa shape index (κ3) is 3.36. The van der Waals surface area contributed by atoms with Crippen LogP contribution >= 0.6 is 11.6 Å². The Hall–Kier alpha value is -2.26. The Kier molecular flexibility index (Phi) is 4.85. The summed E-state index contributed by atoms with van der Waals surface area (Å²) in [6.45, 7) is 1.35. The predicted octanol–water partition coefficient (Wildman–Crippen LogP) is 3.25. The average Bonchev–Trinajstić information content (AvgIpc) is 3.00. The van der Waals surface area contributed by atoms with Gasteiger partial charge < -0.3 is 9.63 Å². The smallest absolute Gasteiger partial charge is 0.240 e. The minimum absolute atomic E-state index is 0.121. The third-order valence-corrected chi connectivity index (χ3v) is 5.23. The second-order valence-corrected chi connectivity index (χ2v) is 7.58. The first-order chi connectivity index (χ1) is 12.2. The van der Waals surface area contributed by atoms with E-state index in [9.17, 15) is 17.9 Å². The van der Waals surface area contributed by atoms with Crippen LogP contribution in [0.25, 0.3) is 22.4 Å². The van der Waals surface area contributed by atoms with E-state index in [0.29, 0.717) is 27.4 Å². The van der Waals surface area contributed by atoms with Crippen molar-refractivity contribution in [1.82, 2.24) is 5.16 Å². The number of benzene rings is 2. The molecule has 0 atom stereocenters. The zero-order chi connectivity index (χ0) is 19.1. The second-order valence-electron chi connectivity index (χ2n) is 5.64. The quantitative estimate of drug-likeness (QED) is 0.704. The fraction of sp³-hybridized carbons (Fsp3) is 0.118. The Morgan fingerprint density at radius 1 is 1.23 bits per heavy atom. The van der Waals surface area contributed by atoms with Gasteiger partial charge in [0.05, 0.1) is 5.56 Å². The van der Waals surface area contributed by atoms with Gasteiger partial charge in [0.1, 0.15) is 23.0 Å². The van der Waals surface area contributed by atoms with Crippen molar-refractivity contribution < 1.29 is 22.4 Å². The monoisotopic (exact) mass is 396 g/mol. The second kappa shape index (κ2) is 6.81. The third-order valence-electron chi connectivity index (χ3n) is 3.86. The summed E-state index contributed by atoms with van der Waals surface area (Å²) in [5.74, 6) is -0.885. The maximum atomic E-state index is 14.2. The maximum Gasteiger partial charge on any atom is 0.240 e. The highest BCUT2D eigenvalue weighted by atomic mass is 35.5. The molecule has 0 amide bonds. The Bertz CT molecular complexity index is 1100. The Labute approximate surface area is 154 Å². The van der Waals surface area contributed by atoms with Crippen LogP contribution in [-0.2, 0) is 16.6 Å². The van der Waals surface area contributed by atoms with Crippen molar-refractivity contribution in [2.24, 2.45) is 5.14 Å². The maximum absolute atomic E-state index is 14.2. The first-order valence-electron chi connectivity index (χ1n) is 7.41. The van der Waals surface area contributed by atoms with E-state index in [1.807, 2.05) is 6.92 Å². The molecule has 26 heavy (non-hydrogen) atoms. The van der Waals surface area contributed by atoms with Gasteiger partial charge >= 0.3 is 0 Å². The molecule has 136 valence electrons. The van der Waals surface area contributed by atoms with Crippen molar-refractivity contribution in [3.05, 3.63) is 58.6 Å². The van der Waals surface area contributed by atoms with Crippen LogP contribution in [0.2, 0.25) is 5.02 Å². The number of halogens is 2. The summed E-state index contributed by atoms with van der Waals surface area (Å²) < 4.78 is 42.2. The molecule has 6 nitrogen and oxygen atoms in total. The normalized spacial score (nSPS) is 11.7. The number of nitrogens with zero attached hydrogens (tertiary/aromatic N) is 1. The van der Waals surface area contributed by atoms with E-state index in [-0.39, 0.29) is 5.76 Å². The summed E-state index contributed by atoms with van der Waals surface area (Å²) in [6, 6.07) is 8.63. The minimum atomic E-state index is -4.19. The molecule has 0 unspecified atom stereocenters. The number of sulfonamides is 1. The standard InChI is InChI=1S/C17H14ClFN2O4S/c1-9-6-11(2-4-12(9)18)17-16(14(8-22)25-21-17)10-3-5-15(13(19)7-10)26(20,23)24/h2-7,22H,8H2,1H3,(H2,20,23,24). The highest BCUT2D eigenvalue weighted by Crippen LogP contribution is 2.36. The molecule has 0 aliphatic carbocycles. The average molecular weight is 397 g/mol. The molecule has 3 aromatic rings. The van der Waals surface area contributed by atoms with Gasteiger partial charge in [0.2, 0.25) is 10.0 Å². The molecule has 0 radical (unpaired) electrons. The van der Waals surface area contributed by atoms with Crippen molar-refractivity contribution >= 4 is 21.6 Å². The van der Waals surface area contributed by atoms with E-state index in [1.54, 1.807) is 18.2 Å². The molecule has 3 N–H and O–H groups in total. The number of aryl methyl sites for hydroxylation is 1. The van der Waals surface area contributed by atoms with Gasteiger partial charge in [-0.2, -0.15) is 0 Å². The number of nitrogens with two attached hydrogens (primary N) is 1. The number of hydrogen-bond donors (Lipinski definition) is 2. The lowest BCUT2D eigenvalue weighted by atomic mass is 9.98. The lowest BCUT2D eigenvalue weighted by Crippen LogP contribution is -2.14. The van der Waals surface area contributed by atoms with Crippen molar-refractivity contribution in [1.29, 1.82) is 0 Å². The van der Waals surface area contributed by atoms with Gasteiger partial charge in [-0.25, -0.2) is 17.9 Å². The summed E-state index contributed by atoms with van der Waals surface area (Å²) in [7, 11) is -4.19. The van der Waals surface area contributed by atoms with Crippen LogP contribution in [0.5, 0.6) is 0 Å². The summed E-state index contributed by atoms with van der Waals surface area (Å²) in [5.41, 5.74) is 2.48. The number of rotatable bonds is 4. The van der Waals surface area contributed by atoms with Crippen molar-refractivity contribution in [2.75, 3.05) is 0 Å². The van der Waals surface area contributed by atoms with Crippen molar-refractivity contribution in [2.45, 2.75) is 18.4 Å². The molecule has 3 rings (SSSR count). The van der Waals surface area contributed by atoms with Gasteiger partial charge in [-0.15, -0.1) is 0 Å². The largest absolute Gasteiger partial charge is 0.388 e. The molecule has 9 heteroatoms. The van der Waals surface area contributed by atoms with Gasteiger partial charge in [0.15, 0.2) is 5.76 Å². The molecular weight excluding hydrogens is 383 g/mol. The molecule has 2 aromatic carbocycles. The fourth-order valence-electron chi connectivity index (χ4n) is 2.61. The van der Waals surface area contributed by atoms with Crippen LogP contribution in [0, 0.1) is 12.7 Å². The van der Waals surface area contributed by atoms with E-state index in [0.717, 1.165) is 17.7 Å². The highest BCUT2D eigenvalue weighted by Gasteiger charge is 2.22. The Balaban J connectivity index is 2.20. The molecular formula is C17H14ClFN2O4S. The highest BCUT2D eigenvalue weighted by molar-refractivity contribution is 7.89. The molecule has 1 aromatic heterocycles. The molecule has 0 bridgehead atoms. The predicted molar refractivity (Wildman–Crippen MR) is 94.4 cm³/mol. The van der Waals surface area contributed by atoms with Gasteiger partial charge in [-0.05, 0) is 42.3 Å². The van der Waals surface area contributed by atoms with Crippen LogP contribution in [0.3, 0.4) is 0 Å². The zero-order valence-corrected chi connectivity index (χ0v) is 15.1. The number of aliphatic hydroxyl groups excluding tert-OH is 1. The summed E-state index contributed by atoms with van der Waals surface area (Å²) in [6.07, 6.45) is 0.